The molecule has 6 heteroatoms. The zero-order valence-electron chi connectivity index (χ0n) is 11.9. The lowest BCUT2D eigenvalue weighted by Crippen LogP contribution is -2.46. The van der Waals surface area contributed by atoms with Crippen molar-refractivity contribution in [3.8, 4) is 0 Å². The summed E-state index contributed by atoms with van der Waals surface area (Å²) in [6, 6.07) is 1.85. The Labute approximate surface area is 115 Å². The van der Waals surface area contributed by atoms with Crippen LogP contribution in [0.1, 0.15) is 24.9 Å². The second-order valence-corrected chi connectivity index (χ2v) is 5.07. The number of nitrogens with one attached hydrogen (secondary N) is 1. The second-order valence-electron chi connectivity index (χ2n) is 5.07. The molecule has 1 aliphatic rings. The Bertz CT molecular complexity index is 400. The Kier molecular flexibility index (Phi) is 5.07. The van der Waals surface area contributed by atoms with Crippen molar-refractivity contribution in [1.82, 2.24) is 19.8 Å². The van der Waals surface area contributed by atoms with E-state index in [9.17, 15) is 0 Å². The molecule has 6 nitrogen and oxygen atoms in total. The molecule has 1 aromatic rings. The molecule has 0 bridgehead atoms. The normalized spacial score (nSPS) is 17.6. The zero-order valence-corrected chi connectivity index (χ0v) is 11.9. The standard InChI is InChI=1S/C13H24N6/c1-3-4-18-5-7-19(8-6-18)10-13-15-11(2)9-12(16-13)17-14/h9H,3-8,10,14H2,1-2H3,(H,15,16,17). The van der Waals surface area contributed by atoms with Gasteiger partial charge in [-0.25, -0.2) is 15.8 Å². The molecule has 0 aromatic carbocycles. The maximum absolute atomic E-state index is 5.41. The number of nitrogen functional groups attached to an aromatic ring is 1. The largest absolute Gasteiger partial charge is 0.308 e. The Morgan fingerprint density at radius 2 is 1.89 bits per heavy atom. The van der Waals surface area contributed by atoms with Crippen LogP contribution in [0.15, 0.2) is 6.07 Å². The van der Waals surface area contributed by atoms with Crippen LogP contribution in [0.2, 0.25) is 0 Å². The number of hydrogen-bond donors (Lipinski definition) is 2. The number of piperazine rings is 1. The van der Waals surface area contributed by atoms with E-state index >= 15 is 0 Å². The molecule has 19 heavy (non-hydrogen) atoms. The summed E-state index contributed by atoms with van der Waals surface area (Å²) < 4.78 is 0. The predicted molar refractivity (Wildman–Crippen MR) is 76.6 cm³/mol. The van der Waals surface area contributed by atoms with Gasteiger partial charge in [-0.05, 0) is 19.9 Å². The first-order chi connectivity index (χ1) is 9.21. The van der Waals surface area contributed by atoms with Gasteiger partial charge in [0.15, 0.2) is 0 Å². The second kappa shape index (κ2) is 6.79. The Morgan fingerprint density at radius 3 is 2.53 bits per heavy atom. The molecule has 0 saturated carbocycles. The number of aryl methyl sites for hydroxylation is 1. The fraction of sp³-hybridized carbons (Fsp3) is 0.692. The Hall–Kier alpha value is -1.24. The van der Waals surface area contributed by atoms with Crippen molar-refractivity contribution >= 4 is 5.82 Å². The molecule has 0 atom stereocenters. The summed E-state index contributed by atoms with van der Waals surface area (Å²) in [5.41, 5.74) is 3.54. The van der Waals surface area contributed by atoms with Crippen LogP contribution in [0, 0.1) is 6.92 Å². The molecule has 3 N–H and O–H groups in total. The van der Waals surface area contributed by atoms with Crippen molar-refractivity contribution < 1.29 is 0 Å². The first kappa shape index (κ1) is 14.2. The number of hydrogen-bond acceptors (Lipinski definition) is 6. The highest BCUT2D eigenvalue weighted by Crippen LogP contribution is 2.09. The summed E-state index contributed by atoms with van der Waals surface area (Å²) in [4.78, 5) is 13.8. The molecule has 2 heterocycles. The van der Waals surface area contributed by atoms with E-state index in [1.807, 2.05) is 13.0 Å². The number of anilines is 1. The topological polar surface area (TPSA) is 70.3 Å². The lowest BCUT2D eigenvalue weighted by atomic mass is 10.3. The van der Waals surface area contributed by atoms with Gasteiger partial charge in [-0.15, -0.1) is 0 Å². The molecular weight excluding hydrogens is 240 g/mol. The molecular formula is C13H24N6. The summed E-state index contributed by atoms with van der Waals surface area (Å²) in [5, 5.41) is 0. The third-order valence-corrected chi connectivity index (χ3v) is 3.42. The highest BCUT2D eigenvalue weighted by Gasteiger charge is 2.17. The van der Waals surface area contributed by atoms with Gasteiger partial charge < -0.3 is 10.3 Å². The van der Waals surface area contributed by atoms with Gasteiger partial charge in [0.25, 0.3) is 0 Å². The van der Waals surface area contributed by atoms with Crippen LogP contribution in [-0.2, 0) is 6.54 Å². The van der Waals surface area contributed by atoms with Crippen LogP contribution >= 0.6 is 0 Å². The summed E-state index contributed by atoms with van der Waals surface area (Å²) in [6.45, 7) is 10.7. The van der Waals surface area contributed by atoms with E-state index in [1.165, 1.54) is 13.0 Å². The summed E-state index contributed by atoms with van der Waals surface area (Å²) in [5.74, 6) is 6.94. The Morgan fingerprint density at radius 1 is 1.21 bits per heavy atom. The third kappa shape index (κ3) is 4.12. The van der Waals surface area contributed by atoms with Crippen LogP contribution in [0.25, 0.3) is 0 Å². The monoisotopic (exact) mass is 264 g/mol. The fourth-order valence-electron chi connectivity index (χ4n) is 2.46. The van der Waals surface area contributed by atoms with Gasteiger partial charge in [-0.3, -0.25) is 4.90 Å². The van der Waals surface area contributed by atoms with Gasteiger partial charge in [0.1, 0.15) is 11.6 Å². The lowest BCUT2D eigenvalue weighted by molar-refractivity contribution is 0.125. The van der Waals surface area contributed by atoms with Crippen molar-refractivity contribution in [2.24, 2.45) is 5.84 Å². The average Bonchev–Trinajstić information content (AvgIpc) is 2.40. The smallest absolute Gasteiger partial charge is 0.145 e. The molecule has 106 valence electrons. The van der Waals surface area contributed by atoms with Crippen molar-refractivity contribution in [2.75, 3.05) is 38.1 Å². The quantitative estimate of drug-likeness (QED) is 0.599. The molecule has 1 fully saturated rings. The van der Waals surface area contributed by atoms with E-state index in [1.54, 1.807) is 0 Å². The Balaban J connectivity index is 1.90. The molecule has 0 spiro atoms. The van der Waals surface area contributed by atoms with E-state index in [-0.39, 0.29) is 0 Å². The van der Waals surface area contributed by atoms with E-state index in [0.717, 1.165) is 44.2 Å². The maximum Gasteiger partial charge on any atom is 0.145 e. The average molecular weight is 264 g/mol. The van der Waals surface area contributed by atoms with Crippen LogP contribution in [-0.4, -0.2) is 52.5 Å². The van der Waals surface area contributed by atoms with E-state index in [0.29, 0.717) is 5.82 Å². The van der Waals surface area contributed by atoms with Gasteiger partial charge in [-0.1, -0.05) is 6.92 Å². The SMILES string of the molecule is CCCN1CCN(Cc2nc(C)cc(NN)n2)CC1. The van der Waals surface area contributed by atoms with E-state index < -0.39 is 0 Å². The minimum absolute atomic E-state index is 0.687. The summed E-state index contributed by atoms with van der Waals surface area (Å²) in [7, 11) is 0. The predicted octanol–water partition coefficient (Wildman–Crippen LogP) is 0.598. The van der Waals surface area contributed by atoms with Crippen molar-refractivity contribution in [3.63, 3.8) is 0 Å². The number of hydrazine groups is 1. The van der Waals surface area contributed by atoms with Gasteiger partial charge in [0.05, 0.1) is 6.54 Å². The third-order valence-electron chi connectivity index (χ3n) is 3.42. The van der Waals surface area contributed by atoms with Gasteiger partial charge in [-0.2, -0.15) is 0 Å². The minimum atomic E-state index is 0.687. The molecule has 2 rings (SSSR count). The molecule has 0 unspecified atom stereocenters. The van der Waals surface area contributed by atoms with E-state index in [4.69, 9.17) is 5.84 Å². The first-order valence-corrected chi connectivity index (χ1v) is 6.97. The number of nitrogens with two attached hydrogens (primary N) is 1. The van der Waals surface area contributed by atoms with Crippen LogP contribution < -0.4 is 11.3 Å². The lowest BCUT2D eigenvalue weighted by Gasteiger charge is -2.34. The molecule has 1 saturated heterocycles. The van der Waals surface area contributed by atoms with Gasteiger partial charge in [0.2, 0.25) is 0 Å². The zero-order chi connectivity index (χ0) is 13.7. The highest BCUT2D eigenvalue weighted by molar-refractivity contribution is 5.33. The van der Waals surface area contributed by atoms with Crippen molar-refractivity contribution in [2.45, 2.75) is 26.8 Å². The number of rotatable bonds is 5. The van der Waals surface area contributed by atoms with E-state index in [2.05, 4.69) is 32.1 Å². The highest BCUT2D eigenvalue weighted by atomic mass is 15.3. The van der Waals surface area contributed by atoms with Crippen LogP contribution in [0.3, 0.4) is 0 Å². The van der Waals surface area contributed by atoms with Gasteiger partial charge in [0, 0.05) is 37.9 Å². The van der Waals surface area contributed by atoms with Crippen LogP contribution in [0.4, 0.5) is 5.82 Å². The molecule has 1 aromatic heterocycles. The maximum atomic E-state index is 5.41. The molecule has 0 amide bonds. The number of aromatic nitrogens is 2. The number of nitrogens with zero attached hydrogens (tertiary/aromatic N) is 4. The van der Waals surface area contributed by atoms with Crippen LogP contribution in [0.5, 0.6) is 0 Å². The fourth-order valence-corrected chi connectivity index (χ4v) is 2.46. The minimum Gasteiger partial charge on any atom is -0.308 e. The molecule has 1 aliphatic heterocycles. The van der Waals surface area contributed by atoms with Crippen molar-refractivity contribution in [3.05, 3.63) is 17.6 Å². The van der Waals surface area contributed by atoms with Gasteiger partial charge >= 0.3 is 0 Å². The first-order valence-electron chi connectivity index (χ1n) is 6.97. The molecule has 0 radical (unpaired) electrons. The summed E-state index contributed by atoms with van der Waals surface area (Å²) >= 11 is 0. The summed E-state index contributed by atoms with van der Waals surface area (Å²) in [6.07, 6.45) is 1.23. The van der Waals surface area contributed by atoms with Crippen molar-refractivity contribution in [1.29, 1.82) is 0 Å². The molecule has 0 aliphatic carbocycles.